The first-order chi connectivity index (χ1) is 17.0. The van der Waals surface area contributed by atoms with Gasteiger partial charge in [0.2, 0.25) is 5.95 Å². The van der Waals surface area contributed by atoms with E-state index >= 15 is 0 Å². The lowest BCUT2D eigenvalue weighted by molar-refractivity contribution is 0.0985. The third-order valence-electron chi connectivity index (χ3n) is 5.86. The molecule has 1 amide bonds. The number of nitrogens with zero attached hydrogens (tertiary/aromatic N) is 5. The van der Waals surface area contributed by atoms with Gasteiger partial charge in [-0.2, -0.15) is 5.26 Å². The van der Waals surface area contributed by atoms with Gasteiger partial charge >= 0.3 is 0 Å². The number of amides is 1. The third kappa shape index (κ3) is 5.08. The van der Waals surface area contributed by atoms with Gasteiger partial charge < -0.3 is 10.6 Å². The predicted molar refractivity (Wildman–Crippen MR) is 139 cm³/mol. The zero-order valence-electron chi connectivity index (χ0n) is 18.6. The van der Waals surface area contributed by atoms with E-state index < -0.39 is 0 Å². The summed E-state index contributed by atoms with van der Waals surface area (Å²) in [7, 11) is 0. The second-order valence-corrected chi connectivity index (χ2v) is 9.87. The summed E-state index contributed by atoms with van der Waals surface area (Å²) in [6.45, 7) is 4.58. The summed E-state index contributed by atoms with van der Waals surface area (Å²) in [6, 6.07) is 13.1. The molecule has 3 aromatic rings. The quantitative estimate of drug-likeness (QED) is 0.469. The van der Waals surface area contributed by atoms with Crippen molar-refractivity contribution in [3.05, 3.63) is 69.3 Å². The number of carbonyl (C=O) groups excluding carboxylic acids is 1. The van der Waals surface area contributed by atoms with Gasteiger partial charge in [0.15, 0.2) is 0 Å². The minimum absolute atomic E-state index is 0.260. The van der Waals surface area contributed by atoms with Crippen molar-refractivity contribution in [3.63, 3.8) is 0 Å². The van der Waals surface area contributed by atoms with E-state index in [1.54, 1.807) is 24.3 Å². The lowest BCUT2D eigenvalue weighted by Crippen LogP contribution is -2.43. The van der Waals surface area contributed by atoms with Crippen LogP contribution in [0.5, 0.6) is 0 Å². The first-order valence-corrected chi connectivity index (χ1v) is 12.8. The van der Waals surface area contributed by atoms with Gasteiger partial charge in [-0.3, -0.25) is 14.6 Å². The van der Waals surface area contributed by atoms with Crippen LogP contribution in [-0.2, 0) is 6.54 Å². The topological polar surface area (TPSA) is 97.2 Å². The average molecular weight is 526 g/mol. The number of anilines is 3. The molecule has 0 spiro atoms. The largest absolute Gasteiger partial charge is 0.324 e. The molecule has 1 saturated heterocycles. The second kappa shape index (κ2) is 10.4. The monoisotopic (exact) mass is 525 g/mol. The van der Waals surface area contributed by atoms with E-state index in [9.17, 15) is 10.1 Å². The van der Waals surface area contributed by atoms with Crippen molar-refractivity contribution in [1.29, 1.82) is 5.26 Å². The Morgan fingerprint density at radius 1 is 1.17 bits per heavy atom. The molecule has 35 heavy (non-hydrogen) atoms. The van der Waals surface area contributed by atoms with Crippen molar-refractivity contribution >= 4 is 58.2 Å². The van der Waals surface area contributed by atoms with Crippen LogP contribution < -0.4 is 15.5 Å². The number of fused-ring (bicyclic) bond motifs is 1. The highest BCUT2D eigenvalue weighted by molar-refractivity contribution is 7.99. The normalized spacial score (nSPS) is 16.0. The van der Waals surface area contributed by atoms with Crippen LogP contribution in [0.2, 0.25) is 10.0 Å². The van der Waals surface area contributed by atoms with Crippen LogP contribution in [0, 0.1) is 11.3 Å². The van der Waals surface area contributed by atoms with Gasteiger partial charge in [0.05, 0.1) is 38.8 Å². The van der Waals surface area contributed by atoms with Gasteiger partial charge in [0.25, 0.3) is 5.91 Å². The van der Waals surface area contributed by atoms with Crippen LogP contribution in [0.1, 0.15) is 21.5 Å². The van der Waals surface area contributed by atoms with Crippen molar-refractivity contribution < 1.29 is 4.79 Å². The molecule has 5 rings (SSSR count). The summed E-state index contributed by atoms with van der Waals surface area (Å²) in [5.41, 5.74) is 3.18. The summed E-state index contributed by atoms with van der Waals surface area (Å²) >= 11 is 14.0. The molecule has 2 aromatic carbocycles. The molecular weight excluding hydrogens is 505 g/mol. The highest BCUT2D eigenvalue weighted by atomic mass is 35.5. The fourth-order valence-corrected chi connectivity index (χ4v) is 5.61. The van der Waals surface area contributed by atoms with Crippen LogP contribution in [0.3, 0.4) is 0 Å². The second-order valence-electron chi connectivity index (χ2n) is 8.12. The Morgan fingerprint density at radius 3 is 2.69 bits per heavy atom. The molecule has 3 heterocycles. The Hall–Kier alpha value is -2.87. The minimum atomic E-state index is -0.260. The number of aromatic nitrogens is 2. The minimum Gasteiger partial charge on any atom is -0.324 e. The van der Waals surface area contributed by atoms with E-state index in [0.29, 0.717) is 49.4 Å². The number of rotatable bonds is 5. The smallest absolute Gasteiger partial charge is 0.263 e. The predicted octanol–water partition coefficient (Wildman–Crippen LogP) is 4.51. The maximum Gasteiger partial charge on any atom is 0.263 e. The number of halogens is 2. The Labute approximate surface area is 217 Å². The number of hydrogen-bond acceptors (Lipinski definition) is 8. The van der Waals surface area contributed by atoms with Crippen LogP contribution in [0.4, 0.5) is 17.3 Å². The molecule has 1 fully saturated rings. The molecule has 0 unspecified atom stereocenters. The highest BCUT2D eigenvalue weighted by Gasteiger charge is 2.30. The zero-order chi connectivity index (χ0) is 24.4. The number of thioether (sulfide) groups is 1. The van der Waals surface area contributed by atoms with Gasteiger partial charge in [0.1, 0.15) is 5.03 Å². The van der Waals surface area contributed by atoms with Gasteiger partial charge in [0, 0.05) is 44.6 Å². The van der Waals surface area contributed by atoms with E-state index in [1.165, 1.54) is 22.9 Å². The number of nitrogens with one attached hydrogen (secondary N) is 2. The summed E-state index contributed by atoms with van der Waals surface area (Å²) in [5.74, 6) is 0.418. The van der Waals surface area contributed by atoms with Gasteiger partial charge in [-0.05, 0) is 29.8 Å². The molecule has 2 aliphatic heterocycles. The summed E-state index contributed by atoms with van der Waals surface area (Å²) < 4.78 is 0. The van der Waals surface area contributed by atoms with Crippen molar-refractivity contribution in [1.82, 2.24) is 20.2 Å². The fraction of sp³-hybridized carbons (Fsp3) is 0.250. The summed E-state index contributed by atoms with van der Waals surface area (Å²) in [6.07, 6.45) is 1.50. The molecule has 178 valence electrons. The Bertz CT molecular complexity index is 1300. The van der Waals surface area contributed by atoms with Crippen LogP contribution in [0.25, 0.3) is 0 Å². The van der Waals surface area contributed by atoms with E-state index in [-0.39, 0.29) is 5.91 Å². The Balaban J connectivity index is 1.33. The molecular formula is C24H21Cl2N7OS. The number of para-hydroxylation sites is 1. The molecule has 11 heteroatoms. The Kier molecular flexibility index (Phi) is 7.09. The molecule has 2 N–H and O–H groups in total. The van der Waals surface area contributed by atoms with E-state index in [2.05, 4.69) is 31.6 Å². The number of hydrogen-bond donors (Lipinski definition) is 2. The number of piperazine rings is 1. The van der Waals surface area contributed by atoms with E-state index in [1.807, 2.05) is 12.1 Å². The highest BCUT2D eigenvalue weighted by Crippen LogP contribution is 2.39. The number of nitriles is 1. The van der Waals surface area contributed by atoms with E-state index in [4.69, 9.17) is 23.2 Å². The average Bonchev–Trinajstić information content (AvgIpc) is 2.87. The van der Waals surface area contributed by atoms with Crippen molar-refractivity contribution in [2.75, 3.05) is 42.3 Å². The molecule has 0 radical (unpaired) electrons. The van der Waals surface area contributed by atoms with Gasteiger partial charge in [-0.15, -0.1) is 0 Å². The summed E-state index contributed by atoms with van der Waals surface area (Å²) in [5, 5.41) is 17.6. The molecule has 8 nitrogen and oxygen atoms in total. The summed E-state index contributed by atoms with van der Waals surface area (Å²) in [4.78, 5) is 25.9. The van der Waals surface area contributed by atoms with Gasteiger partial charge in [-0.25, -0.2) is 9.97 Å². The van der Waals surface area contributed by atoms with Crippen molar-refractivity contribution in [2.24, 2.45) is 0 Å². The molecule has 0 aliphatic carbocycles. The van der Waals surface area contributed by atoms with E-state index in [0.717, 1.165) is 38.3 Å². The van der Waals surface area contributed by atoms with Crippen LogP contribution >= 0.6 is 35.0 Å². The van der Waals surface area contributed by atoms with Crippen molar-refractivity contribution in [2.45, 2.75) is 11.6 Å². The van der Waals surface area contributed by atoms with Crippen LogP contribution in [0.15, 0.2) is 47.6 Å². The van der Waals surface area contributed by atoms with Crippen LogP contribution in [-0.4, -0.2) is 52.8 Å². The van der Waals surface area contributed by atoms with Crippen molar-refractivity contribution in [3.8, 4) is 6.07 Å². The molecule has 0 bridgehead atoms. The lowest BCUT2D eigenvalue weighted by Gasteiger charge is -2.28. The SMILES string of the molecule is N#Cc1cc(Nc2ncc3c(n2)SCN(c2c(Cl)cccc2Cl)C3=O)ccc1CN1CCNCC1. The maximum atomic E-state index is 13.1. The van der Waals surface area contributed by atoms with Gasteiger partial charge in [-0.1, -0.05) is 47.1 Å². The number of benzene rings is 2. The zero-order valence-corrected chi connectivity index (χ0v) is 20.9. The standard InChI is InChI=1S/C24H21Cl2N7OS/c25-19-2-1-3-20(26)21(19)33-14-35-22-18(23(33)34)12-29-24(31-22)30-17-5-4-15(16(10-17)11-27)13-32-8-6-28-7-9-32/h1-5,10,12,28H,6-9,13-14H2,(H,29,30,31). The Morgan fingerprint density at radius 2 is 1.94 bits per heavy atom. The first-order valence-electron chi connectivity index (χ1n) is 11.0. The molecule has 0 saturated carbocycles. The molecule has 0 atom stereocenters. The lowest BCUT2D eigenvalue weighted by atomic mass is 10.1. The third-order valence-corrected chi connectivity index (χ3v) is 7.44. The maximum absolute atomic E-state index is 13.1. The first kappa shape index (κ1) is 23.9. The fourth-order valence-electron chi connectivity index (χ4n) is 4.06. The molecule has 2 aliphatic rings. The molecule has 1 aromatic heterocycles. The number of carbonyl (C=O) groups is 1.